The molecule has 5 nitrogen and oxygen atoms in total. The molecule has 0 radical (unpaired) electrons. The predicted molar refractivity (Wildman–Crippen MR) is 279 cm³/mol. The van der Waals surface area contributed by atoms with Gasteiger partial charge in [0, 0.05) is 43.9 Å². The van der Waals surface area contributed by atoms with E-state index in [0.29, 0.717) is 17.5 Å². The van der Waals surface area contributed by atoms with E-state index in [9.17, 15) is 0 Å². The second kappa shape index (κ2) is 14.4. The second-order valence-corrected chi connectivity index (χ2v) is 18.2. The normalized spacial score (nSPS) is 13.0. The average molecular weight is 879 g/mol. The van der Waals surface area contributed by atoms with Crippen LogP contribution in [-0.4, -0.2) is 19.5 Å². The summed E-state index contributed by atoms with van der Waals surface area (Å²) in [5.74, 6) is 1.91. The first-order valence-electron chi connectivity index (χ1n) is 23.5. The number of para-hydroxylation sites is 2. The molecule has 3 heterocycles. The quantitative estimate of drug-likeness (QED) is 0.173. The number of rotatable bonds is 5. The first-order chi connectivity index (χ1) is 34.2. The lowest BCUT2D eigenvalue weighted by molar-refractivity contribution is 0.668. The molecule has 0 saturated carbocycles. The molecule has 0 aliphatic heterocycles. The minimum Gasteiger partial charge on any atom is -0.456 e. The minimum atomic E-state index is -0.611. The van der Waals surface area contributed by atoms with Gasteiger partial charge in [0.2, 0.25) is 0 Å². The van der Waals surface area contributed by atoms with Gasteiger partial charge in [-0.2, -0.15) is 0 Å². The SMILES string of the molecule is c1ccc(-c2nc(-c3ccccc3)nc(-c3ccc(-c4ccc5oc6ccc7c(c6c5c4)C4(c5ccccc5-c5ccccc54)c4cc5c(cc4-7)c4ccccc4n5-c4ccccc4)cc3)n2)cc1. The van der Waals surface area contributed by atoms with Crippen molar-refractivity contribution in [3.63, 3.8) is 0 Å². The molecule has 0 N–H and O–H groups in total. The highest BCUT2D eigenvalue weighted by Crippen LogP contribution is 2.65. The van der Waals surface area contributed by atoms with Crippen molar-refractivity contribution >= 4 is 43.7 Å². The van der Waals surface area contributed by atoms with Crippen LogP contribution in [0.25, 0.3) is 117 Å². The van der Waals surface area contributed by atoms with E-state index in [2.05, 4.69) is 174 Å². The van der Waals surface area contributed by atoms with E-state index in [4.69, 9.17) is 19.4 Å². The molecule has 5 heteroatoms. The van der Waals surface area contributed by atoms with Crippen LogP contribution in [0.5, 0.6) is 0 Å². The van der Waals surface area contributed by atoms with Crippen molar-refractivity contribution in [2.45, 2.75) is 5.41 Å². The van der Waals surface area contributed by atoms with Crippen LogP contribution in [0.4, 0.5) is 0 Å². The summed E-state index contributed by atoms with van der Waals surface area (Å²) in [7, 11) is 0. The Morgan fingerprint density at radius 2 is 0.870 bits per heavy atom. The summed E-state index contributed by atoms with van der Waals surface area (Å²) >= 11 is 0. The average Bonchev–Trinajstić information content (AvgIpc) is 4.14. The van der Waals surface area contributed by atoms with E-state index in [1.807, 2.05) is 60.7 Å². The topological polar surface area (TPSA) is 56.7 Å². The second-order valence-electron chi connectivity index (χ2n) is 18.2. The highest BCUT2D eigenvalue weighted by atomic mass is 16.3. The molecule has 320 valence electrons. The predicted octanol–water partition coefficient (Wildman–Crippen LogP) is 15.9. The van der Waals surface area contributed by atoms with E-state index in [0.717, 1.165) is 55.4 Å². The Bertz CT molecular complexity index is 4130. The third-order valence-electron chi connectivity index (χ3n) is 14.7. The highest BCUT2D eigenvalue weighted by molar-refractivity contribution is 6.17. The molecule has 0 bridgehead atoms. The Hall–Kier alpha value is -9.19. The highest BCUT2D eigenvalue weighted by Gasteiger charge is 2.53. The number of benzene rings is 10. The van der Waals surface area contributed by atoms with Crippen molar-refractivity contribution in [3.8, 4) is 73.2 Å². The zero-order chi connectivity index (χ0) is 45.2. The lowest BCUT2D eigenvalue weighted by atomic mass is 9.69. The van der Waals surface area contributed by atoms with Gasteiger partial charge in [-0.3, -0.25) is 0 Å². The molecule has 0 saturated heterocycles. The third-order valence-corrected chi connectivity index (χ3v) is 14.7. The van der Waals surface area contributed by atoms with Crippen LogP contribution in [0.1, 0.15) is 22.3 Å². The van der Waals surface area contributed by atoms with Crippen molar-refractivity contribution in [3.05, 3.63) is 253 Å². The van der Waals surface area contributed by atoms with Gasteiger partial charge in [0.15, 0.2) is 17.5 Å². The van der Waals surface area contributed by atoms with Crippen molar-refractivity contribution in [1.29, 1.82) is 0 Å². The largest absolute Gasteiger partial charge is 0.456 e. The van der Waals surface area contributed by atoms with Gasteiger partial charge >= 0.3 is 0 Å². The molecule has 1 spiro atoms. The van der Waals surface area contributed by atoms with E-state index >= 15 is 0 Å². The summed E-state index contributed by atoms with van der Waals surface area (Å²) in [5, 5.41) is 4.72. The number of nitrogens with zero attached hydrogens (tertiary/aromatic N) is 4. The fourth-order valence-electron chi connectivity index (χ4n) is 11.7. The fraction of sp³-hybridized carbons (Fsp3) is 0.0156. The molecule has 0 amide bonds. The summed E-state index contributed by atoms with van der Waals surface area (Å²) in [6.07, 6.45) is 0. The summed E-state index contributed by atoms with van der Waals surface area (Å²) < 4.78 is 9.33. The van der Waals surface area contributed by atoms with Gasteiger partial charge in [-0.05, 0) is 104 Å². The molecule has 2 aliphatic carbocycles. The molecule has 69 heavy (non-hydrogen) atoms. The van der Waals surface area contributed by atoms with Crippen molar-refractivity contribution in [2.24, 2.45) is 0 Å². The van der Waals surface area contributed by atoms with Crippen LogP contribution >= 0.6 is 0 Å². The van der Waals surface area contributed by atoms with Crippen molar-refractivity contribution in [1.82, 2.24) is 19.5 Å². The molecule has 0 fully saturated rings. The molecular weight excluding hydrogens is 841 g/mol. The smallest absolute Gasteiger partial charge is 0.164 e. The maximum atomic E-state index is 6.89. The number of hydrogen-bond acceptors (Lipinski definition) is 4. The van der Waals surface area contributed by atoms with E-state index in [1.165, 1.54) is 66.3 Å². The van der Waals surface area contributed by atoms with Gasteiger partial charge in [0.25, 0.3) is 0 Å². The molecule has 2 aliphatic rings. The molecule has 0 atom stereocenters. The van der Waals surface area contributed by atoms with Crippen LogP contribution in [-0.2, 0) is 5.41 Å². The van der Waals surface area contributed by atoms with E-state index in [1.54, 1.807) is 0 Å². The molecule has 13 aromatic rings. The molecule has 15 rings (SSSR count). The molecule has 0 unspecified atom stereocenters. The lowest BCUT2D eigenvalue weighted by Gasteiger charge is -2.31. The van der Waals surface area contributed by atoms with Gasteiger partial charge in [-0.1, -0.05) is 182 Å². The standard InChI is InChI=1S/C64H38N4O/c1-4-16-40(17-5-1)61-65-62(41-18-6-2-7-19-41)67-63(66-61)42-30-28-39(29-31-42)43-32-34-57-51(36-43)59-58(69-57)35-33-48-49-37-50-47-24-12-15-27-55(47)68(44-20-8-3-9-21-44)56(50)38-54(49)64(60(48)59)52-25-13-10-22-45(52)46-23-11-14-26-53(46)64/h1-38H. The number of furan rings is 1. The van der Waals surface area contributed by atoms with Crippen molar-refractivity contribution in [2.75, 3.05) is 0 Å². The maximum Gasteiger partial charge on any atom is 0.164 e. The first-order valence-corrected chi connectivity index (χ1v) is 23.5. The maximum absolute atomic E-state index is 6.89. The Morgan fingerprint density at radius 3 is 1.54 bits per heavy atom. The first kappa shape index (κ1) is 38.0. The van der Waals surface area contributed by atoms with Crippen LogP contribution < -0.4 is 0 Å². The number of hydrogen-bond donors (Lipinski definition) is 0. The Labute approximate surface area is 397 Å². The summed E-state index contributed by atoms with van der Waals surface area (Å²) in [4.78, 5) is 14.9. The monoisotopic (exact) mass is 878 g/mol. The van der Waals surface area contributed by atoms with Gasteiger partial charge < -0.3 is 8.98 Å². The summed E-state index contributed by atoms with van der Waals surface area (Å²) in [6.45, 7) is 0. The zero-order valence-electron chi connectivity index (χ0n) is 37.1. The Morgan fingerprint density at radius 1 is 0.333 bits per heavy atom. The molecule has 10 aromatic carbocycles. The Kier molecular flexibility index (Phi) is 7.93. The van der Waals surface area contributed by atoms with Crippen LogP contribution in [0.15, 0.2) is 235 Å². The Balaban J connectivity index is 0.946. The summed E-state index contributed by atoms with van der Waals surface area (Å²) in [5.41, 5.74) is 19.9. The van der Waals surface area contributed by atoms with Crippen molar-refractivity contribution < 1.29 is 4.42 Å². The van der Waals surface area contributed by atoms with Crippen LogP contribution in [0.3, 0.4) is 0 Å². The minimum absolute atomic E-state index is 0.611. The third kappa shape index (κ3) is 5.38. The fourth-order valence-corrected chi connectivity index (χ4v) is 11.7. The zero-order valence-corrected chi connectivity index (χ0v) is 37.1. The molecular formula is C64H38N4O. The van der Waals surface area contributed by atoms with Crippen LogP contribution in [0.2, 0.25) is 0 Å². The van der Waals surface area contributed by atoms with Crippen LogP contribution in [0, 0.1) is 0 Å². The summed E-state index contributed by atoms with van der Waals surface area (Å²) in [6, 6.07) is 82.7. The van der Waals surface area contributed by atoms with E-state index in [-0.39, 0.29) is 0 Å². The van der Waals surface area contributed by atoms with E-state index < -0.39 is 5.41 Å². The lowest BCUT2D eigenvalue weighted by Crippen LogP contribution is -2.26. The van der Waals surface area contributed by atoms with Gasteiger partial charge in [-0.25, -0.2) is 15.0 Å². The van der Waals surface area contributed by atoms with Gasteiger partial charge in [0.05, 0.1) is 16.4 Å². The molecule has 3 aromatic heterocycles. The van der Waals surface area contributed by atoms with Gasteiger partial charge in [0.1, 0.15) is 11.2 Å². The number of aromatic nitrogens is 4. The number of fused-ring (bicyclic) bond motifs is 17. The van der Waals surface area contributed by atoms with Gasteiger partial charge in [-0.15, -0.1) is 0 Å².